The Hall–Kier alpha value is -1.86. The molecule has 1 unspecified atom stereocenters. The van der Waals surface area contributed by atoms with Gasteiger partial charge in [-0.25, -0.2) is 9.97 Å². The number of morpholine rings is 1. The molecule has 0 aromatic carbocycles. The van der Waals surface area contributed by atoms with Crippen molar-refractivity contribution in [3.05, 3.63) is 28.2 Å². The van der Waals surface area contributed by atoms with Gasteiger partial charge in [-0.2, -0.15) is 0 Å². The van der Waals surface area contributed by atoms with Crippen molar-refractivity contribution in [3.63, 3.8) is 0 Å². The van der Waals surface area contributed by atoms with Crippen LogP contribution in [0.3, 0.4) is 0 Å². The third kappa shape index (κ3) is 2.40. The van der Waals surface area contributed by atoms with E-state index < -0.39 is 0 Å². The van der Waals surface area contributed by atoms with Gasteiger partial charge in [0, 0.05) is 24.7 Å². The quantitative estimate of drug-likeness (QED) is 0.917. The summed E-state index contributed by atoms with van der Waals surface area (Å²) in [6, 6.07) is 4.19. The minimum absolute atomic E-state index is 0.0401. The lowest BCUT2D eigenvalue weighted by molar-refractivity contribution is 0.0393. The number of nitrogens with one attached hydrogen (secondary N) is 1. The van der Waals surface area contributed by atoms with Gasteiger partial charge in [-0.3, -0.25) is 0 Å². The largest absolute Gasteiger partial charge is 0.367 e. The van der Waals surface area contributed by atoms with Crippen molar-refractivity contribution >= 4 is 28.7 Å². The van der Waals surface area contributed by atoms with E-state index >= 15 is 0 Å². The zero-order chi connectivity index (χ0) is 15.1. The Labute approximate surface area is 133 Å². The van der Waals surface area contributed by atoms with E-state index in [1.165, 1.54) is 0 Å². The normalized spacial score (nSPS) is 20.9. The van der Waals surface area contributed by atoms with Gasteiger partial charge >= 0.3 is 0 Å². The van der Waals surface area contributed by atoms with Gasteiger partial charge in [0.25, 0.3) is 0 Å². The number of rotatable bonds is 2. The minimum Gasteiger partial charge on any atom is -0.367 e. The molecule has 2 aromatic heterocycles. The summed E-state index contributed by atoms with van der Waals surface area (Å²) >= 11 is 1.67. The van der Waals surface area contributed by atoms with Gasteiger partial charge in [0.2, 0.25) is 0 Å². The summed E-state index contributed by atoms with van der Waals surface area (Å²) in [4.78, 5) is 13.8. The number of nitrogens with zero attached hydrogens (tertiary/aromatic N) is 4. The molecule has 0 aliphatic carbocycles. The fourth-order valence-electron chi connectivity index (χ4n) is 2.85. The van der Waals surface area contributed by atoms with Crippen molar-refractivity contribution in [1.29, 1.82) is 0 Å². The van der Waals surface area contributed by atoms with Crippen LogP contribution in [0, 0.1) is 6.92 Å². The van der Waals surface area contributed by atoms with E-state index in [4.69, 9.17) is 9.72 Å². The number of anilines is 3. The number of hydrogen-bond acceptors (Lipinski definition) is 7. The van der Waals surface area contributed by atoms with E-state index in [1.807, 2.05) is 6.92 Å². The second-order valence-corrected chi connectivity index (χ2v) is 6.60. The molecule has 116 valence electrons. The second-order valence-electron chi connectivity index (χ2n) is 5.71. The molecular formula is C15H19N5OS. The van der Waals surface area contributed by atoms with Crippen LogP contribution in [0.25, 0.3) is 0 Å². The topological polar surface area (TPSA) is 53.5 Å². The van der Waals surface area contributed by atoms with Crippen molar-refractivity contribution in [2.45, 2.75) is 13.0 Å². The van der Waals surface area contributed by atoms with Crippen molar-refractivity contribution in [2.75, 3.05) is 48.5 Å². The molecule has 0 saturated carbocycles. The molecule has 7 heteroatoms. The zero-order valence-corrected chi connectivity index (χ0v) is 13.6. The molecule has 1 fully saturated rings. The highest BCUT2D eigenvalue weighted by Gasteiger charge is 2.26. The molecule has 0 bridgehead atoms. The number of aromatic nitrogens is 2. The molecule has 0 amide bonds. The van der Waals surface area contributed by atoms with Crippen LogP contribution in [-0.4, -0.2) is 43.4 Å². The Kier molecular flexibility index (Phi) is 3.38. The molecule has 1 N–H and O–H groups in total. The van der Waals surface area contributed by atoms with Gasteiger partial charge in [-0.1, -0.05) is 0 Å². The first-order chi connectivity index (χ1) is 10.7. The summed E-state index contributed by atoms with van der Waals surface area (Å²) in [7, 11) is 2.05. The molecule has 0 radical (unpaired) electrons. The Morgan fingerprint density at radius 1 is 1.36 bits per heavy atom. The molecule has 0 spiro atoms. The summed E-state index contributed by atoms with van der Waals surface area (Å²) in [5, 5.41) is 6.46. The molecule has 2 aromatic rings. The van der Waals surface area contributed by atoms with Crippen molar-refractivity contribution in [2.24, 2.45) is 0 Å². The molecule has 4 heterocycles. The highest BCUT2D eigenvalue weighted by molar-refractivity contribution is 7.09. The molecule has 4 rings (SSSR count). The van der Waals surface area contributed by atoms with Gasteiger partial charge < -0.3 is 19.9 Å². The van der Waals surface area contributed by atoms with E-state index in [9.17, 15) is 0 Å². The van der Waals surface area contributed by atoms with Crippen LogP contribution in [0.2, 0.25) is 0 Å². The van der Waals surface area contributed by atoms with Crippen LogP contribution in [0.5, 0.6) is 0 Å². The van der Waals surface area contributed by atoms with Crippen LogP contribution < -0.4 is 15.1 Å². The van der Waals surface area contributed by atoms with Gasteiger partial charge in [0.05, 0.1) is 25.5 Å². The van der Waals surface area contributed by atoms with Crippen LogP contribution in [0.1, 0.15) is 16.8 Å². The molecule has 22 heavy (non-hydrogen) atoms. The first-order valence-electron chi connectivity index (χ1n) is 7.45. The minimum atomic E-state index is 0.0401. The van der Waals surface area contributed by atoms with Crippen molar-refractivity contribution in [1.82, 2.24) is 9.97 Å². The number of hydrogen-bond donors (Lipinski definition) is 1. The second kappa shape index (κ2) is 5.40. The smallest absolute Gasteiger partial charge is 0.155 e. The fraction of sp³-hybridized carbons (Fsp3) is 0.467. The summed E-state index contributed by atoms with van der Waals surface area (Å²) in [6.45, 7) is 5.21. The number of ether oxygens (including phenoxy) is 1. The van der Waals surface area contributed by atoms with E-state index in [0.29, 0.717) is 6.61 Å². The van der Waals surface area contributed by atoms with Crippen LogP contribution in [0.15, 0.2) is 17.5 Å². The maximum atomic E-state index is 5.90. The summed E-state index contributed by atoms with van der Waals surface area (Å²) in [5.41, 5.74) is 2.16. The SMILES string of the molecule is Cc1csc(C2CN(c3ccc4c(n3)N(C)CN4)CCO2)n1. The Bertz CT molecular complexity index is 688. The van der Waals surface area contributed by atoms with E-state index in [-0.39, 0.29) is 6.10 Å². The monoisotopic (exact) mass is 317 g/mol. The number of pyridine rings is 1. The van der Waals surface area contributed by atoms with E-state index in [1.54, 1.807) is 11.3 Å². The van der Waals surface area contributed by atoms with Crippen LogP contribution >= 0.6 is 11.3 Å². The summed E-state index contributed by atoms with van der Waals surface area (Å²) in [6.07, 6.45) is 0.0401. The Morgan fingerprint density at radius 3 is 3.09 bits per heavy atom. The standard InChI is InChI=1S/C15H19N5OS/c1-10-8-22-15(17-10)12-7-20(5-6-21-12)13-4-3-11-14(18-13)19(2)9-16-11/h3-4,8,12,16H,5-7,9H2,1-2H3. The van der Waals surface area contributed by atoms with E-state index in [0.717, 1.165) is 47.8 Å². The summed E-state index contributed by atoms with van der Waals surface area (Å²) in [5.74, 6) is 2.03. The maximum absolute atomic E-state index is 5.90. The van der Waals surface area contributed by atoms with Crippen LogP contribution in [0.4, 0.5) is 17.3 Å². The van der Waals surface area contributed by atoms with Crippen molar-refractivity contribution in [3.8, 4) is 0 Å². The highest BCUT2D eigenvalue weighted by atomic mass is 32.1. The predicted molar refractivity (Wildman–Crippen MR) is 88.9 cm³/mol. The Balaban J connectivity index is 1.56. The lowest BCUT2D eigenvalue weighted by Crippen LogP contribution is -2.38. The third-order valence-corrected chi connectivity index (χ3v) is 5.09. The van der Waals surface area contributed by atoms with Crippen LogP contribution in [-0.2, 0) is 4.74 Å². The first kappa shape index (κ1) is 13.8. The lowest BCUT2D eigenvalue weighted by atomic mass is 10.2. The molecule has 2 aliphatic rings. The van der Waals surface area contributed by atoms with Gasteiger partial charge in [0.1, 0.15) is 16.9 Å². The molecule has 1 atom stereocenters. The molecular weight excluding hydrogens is 298 g/mol. The number of aryl methyl sites for hydroxylation is 1. The van der Waals surface area contributed by atoms with Crippen molar-refractivity contribution < 1.29 is 4.74 Å². The third-order valence-electron chi connectivity index (χ3n) is 4.03. The van der Waals surface area contributed by atoms with Gasteiger partial charge in [0.15, 0.2) is 5.82 Å². The Morgan fingerprint density at radius 2 is 2.27 bits per heavy atom. The molecule has 2 aliphatic heterocycles. The molecule has 1 saturated heterocycles. The first-order valence-corrected chi connectivity index (χ1v) is 8.33. The lowest BCUT2D eigenvalue weighted by Gasteiger charge is -2.33. The average Bonchev–Trinajstić information content (AvgIpc) is 3.14. The van der Waals surface area contributed by atoms with Gasteiger partial charge in [-0.15, -0.1) is 11.3 Å². The van der Waals surface area contributed by atoms with E-state index in [2.05, 4.69) is 44.7 Å². The maximum Gasteiger partial charge on any atom is 0.155 e. The number of fused-ring (bicyclic) bond motifs is 1. The fourth-order valence-corrected chi connectivity index (χ4v) is 3.68. The predicted octanol–water partition coefficient (Wildman–Crippen LogP) is 2.24. The zero-order valence-electron chi connectivity index (χ0n) is 12.7. The molecule has 6 nitrogen and oxygen atoms in total. The highest BCUT2D eigenvalue weighted by Crippen LogP contribution is 2.32. The summed E-state index contributed by atoms with van der Waals surface area (Å²) < 4.78 is 5.90. The number of thiazole rings is 1. The average molecular weight is 317 g/mol. The van der Waals surface area contributed by atoms with Gasteiger partial charge in [-0.05, 0) is 19.1 Å².